The summed E-state index contributed by atoms with van der Waals surface area (Å²) in [4.78, 5) is 9.21. The molecule has 0 spiro atoms. The molecule has 0 radical (unpaired) electrons. The number of halogens is 1. The van der Waals surface area contributed by atoms with E-state index in [1.54, 1.807) is 0 Å². The number of rotatable bonds is 1. The standard InChI is InChI=1S/C12H15ClN2/c1-12(6-3-7-12)11-14-9-5-2-4-8(9)10(13)15-11/h2-7H2,1H3. The first-order chi connectivity index (χ1) is 7.19. The summed E-state index contributed by atoms with van der Waals surface area (Å²) < 4.78 is 0. The Kier molecular flexibility index (Phi) is 2.03. The number of hydrogen-bond donors (Lipinski definition) is 0. The molecule has 2 aliphatic rings. The zero-order chi connectivity index (χ0) is 10.5. The molecule has 0 aliphatic heterocycles. The zero-order valence-electron chi connectivity index (χ0n) is 9.02. The fourth-order valence-corrected chi connectivity index (χ4v) is 2.87. The van der Waals surface area contributed by atoms with Crippen molar-refractivity contribution >= 4 is 11.6 Å². The lowest BCUT2D eigenvalue weighted by molar-refractivity contribution is 0.255. The fraction of sp³-hybridized carbons (Fsp3) is 0.667. The maximum absolute atomic E-state index is 6.21. The van der Waals surface area contributed by atoms with Crippen molar-refractivity contribution in [2.75, 3.05) is 0 Å². The molecule has 0 unspecified atom stereocenters. The zero-order valence-corrected chi connectivity index (χ0v) is 9.77. The maximum atomic E-state index is 6.21. The minimum atomic E-state index is 0.210. The first kappa shape index (κ1) is 9.59. The first-order valence-corrected chi connectivity index (χ1v) is 6.13. The van der Waals surface area contributed by atoms with Crippen LogP contribution in [0.4, 0.5) is 0 Å². The first-order valence-electron chi connectivity index (χ1n) is 5.75. The van der Waals surface area contributed by atoms with Gasteiger partial charge in [-0.1, -0.05) is 24.9 Å². The maximum Gasteiger partial charge on any atom is 0.136 e. The van der Waals surface area contributed by atoms with E-state index in [1.807, 2.05) is 0 Å². The van der Waals surface area contributed by atoms with Crippen molar-refractivity contribution in [1.29, 1.82) is 0 Å². The van der Waals surface area contributed by atoms with Gasteiger partial charge in [-0.05, 0) is 32.1 Å². The van der Waals surface area contributed by atoms with E-state index in [-0.39, 0.29) is 5.41 Å². The molecule has 2 nitrogen and oxygen atoms in total. The summed E-state index contributed by atoms with van der Waals surface area (Å²) in [5.41, 5.74) is 2.61. The largest absolute Gasteiger partial charge is 0.237 e. The van der Waals surface area contributed by atoms with Crippen LogP contribution in [0.1, 0.15) is 49.7 Å². The van der Waals surface area contributed by atoms with Crippen LogP contribution in [0.25, 0.3) is 0 Å². The number of aromatic nitrogens is 2. The molecule has 0 atom stereocenters. The average molecular weight is 223 g/mol. The van der Waals surface area contributed by atoms with Crippen molar-refractivity contribution in [2.24, 2.45) is 0 Å². The van der Waals surface area contributed by atoms with Gasteiger partial charge in [0.05, 0.1) is 0 Å². The molecule has 1 fully saturated rings. The fourth-order valence-electron chi connectivity index (χ4n) is 2.59. The van der Waals surface area contributed by atoms with Crippen molar-refractivity contribution in [2.45, 2.75) is 50.9 Å². The molecule has 0 aromatic carbocycles. The molecule has 2 aliphatic carbocycles. The minimum absolute atomic E-state index is 0.210. The molecular weight excluding hydrogens is 208 g/mol. The SMILES string of the molecule is CC1(c2nc(Cl)c3c(n2)CCC3)CCC1. The molecule has 0 amide bonds. The summed E-state index contributed by atoms with van der Waals surface area (Å²) in [6.45, 7) is 2.25. The summed E-state index contributed by atoms with van der Waals surface area (Å²) in [5, 5.41) is 0.709. The third-order valence-corrected chi connectivity index (χ3v) is 4.19. The Morgan fingerprint density at radius 2 is 1.93 bits per heavy atom. The molecule has 0 bridgehead atoms. The van der Waals surface area contributed by atoms with E-state index in [0.29, 0.717) is 5.15 Å². The van der Waals surface area contributed by atoms with Gasteiger partial charge >= 0.3 is 0 Å². The Balaban J connectivity index is 2.07. The molecule has 0 saturated heterocycles. The Hall–Kier alpha value is -0.630. The van der Waals surface area contributed by atoms with E-state index < -0.39 is 0 Å². The van der Waals surface area contributed by atoms with Crippen molar-refractivity contribution in [3.05, 3.63) is 22.2 Å². The van der Waals surface area contributed by atoms with Crippen LogP contribution in [-0.2, 0) is 18.3 Å². The predicted octanol–water partition coefficient (Wildman–Crippen LogP) is 3.06. The quantitative estimate of drug-likeness (QED) is 0.683. The topological polar surface area (TPSA) is 25.8 Å². The minimum Gasteiger partial charge on any atom is -0.237 e. The van der Waals surface area contributed by atoms with Gasteiger partial charge in [0.2, 0.25) is 0 Å². The average Bonchev–Trinajstić information content (AvgIpc) is 2.62. The second-order valence-electron chi connectivity index (χ2n) is 5.03. The lowest BCUT2D eigenvalue weighted by Crippen LogP contribution is -2.33. The van der Waals surface area contributed by atoms with Gasteiger partial charge in [0.15, 0.2) is 0 Å². The van der Waals surface area contributed by atoms with Crippen molar-refractivity contribution in [3.63, 3.8) is 0 Å². The van der Waals surface area contributed by atoms with E-state index in [2.05, 4.69) is 11.9 Å². The molecular formula is C12H15ClN2. The van der Waals surface area contributed by atoms with E-state index in [9.17, 15) is 0 Å². The molecule has 3 rings (SSSR count). The lowest BCUT2D eigenvalue weighted by atomic mass is 9.70. The Morgan fingerprint density at radius 1 is 1.13 bits per heavy atom. The highest BCUT2D eigenvalue weighted by molar-refractivity contribution is 6.30. The van der Waals surface area contributed by atoms with Gasteiger partial charge in [-0.25, -0.2) is 9.97 Å². The van der Waals surface area contributed by atoms with Crippen LogP contribution >= 0.6 is 11.6 Å². The lowest BCUT2D eigenvalue weighted by Gasteiger charge is -2.36. The summed E-state index contributed by atoms with van der Waals surface area (Å²) in [6, 6.07) is 0. The highest BCUT2D eigenvalue weighted by Crippen LogP contribution is 2.42. The van der Waals surface area contributed by atoms with Crippen molar-refractivity contribution < 1.29 is 0 Å². The van der Waals surface area contributed by atoms with Crippen molar-refractivity contribution in [3.8, 4) is 0 Å². The van der Waals surface area contributed by atoms with E-state index in [1.165, 1.54) is 36.9 Å². The van der Waals surface area contributed by atoms with Gasteiger partial charge in [-0.2, -0.15) is 0 Å². The highest BCUT2D eigenvalue weighted by Gasteiger charge is 2.37. The van der Waals surface area contributed by atoms with Gasteiger partial charge < -0.3 is 0 Å². The van der Waals surface area contributed by atoms with Crippen LogP contribution < -0.4 is 0 Å². The normalized spacial score (nSPS) is 22.3. The molecule has 1 heterocycles. The number of fused-ring (bicyclic) bond motifs is 1. The number of aryl methyl sites for hydroxylation is 1. The van der Waals surface area contributed by atoms with Crippen LogP contribution in [0.5, 0.6) is 0 Å². The van der Waals surface area contributed by atoms with Gasteiger partial charge in [0.25, 0.3) is 0 Å². The molecule has 1 aromatic heterocycles. The summed E-state index contributed by atoms with van der Waals surface area (Å²) in [5.74, 6) is 0.986. The van der Waals surface area contributed by atoms with Crippen LogP contribution in [0, 0.1) is 0 Å². The predicted molar refractivity (Wildman–Crippen MR) is 60.3 cm³/mol. The van der Waals surface area contributed by atoms with Crippen molar-refractivity contribution in [1.82, 2.24) is 9.97 Å². The van der Waals surface area contributed by atoms with Crippen LogP contribution in [0.15, 0.2) is 0 Å². The van der Waals surface area contributed by atoms with Gasteiger partial charge in [-0.15, -0.1) is 0 Å². The van der Waals surface area contributed by atoms with Gasteiger partial charge in [0.1, 0.15) is 11.0 Å². The highest BCUT2D eigenvalue weighted by atomic mass is 35.5. The monoisotopic (exact) mass is 222 g/mol. The third-order valence-electron chi connectivity index (χ3n) is 3.88. The van der Waals surface area contributed by atoms with Gasteiger partial charge in [0, 0.05) is 16.7 Å². The Labute approximate surface area is 95.1 Å². The molecule has 80 valence electrons. The van der Waals surface area contributed by atoms with Crippen LogP contribution in [-0.4, -0.2) is 9.97 Å². The molecule has 0 N–H and O–H groups in total. The summed E-state index contributed by atoms with van der Waals surface area (Å²) in [6.07, 6.45) is 7.05. The van der Waals surface area contributed by atoms with E-state index in [4.69, 9.17) is 16.6 Å². The molecule has 3 heteroatoms. The Bertz CT molecular complexity index is 410. The molecule has 15 heavy (non-hydrogen) atoms. The van der Waals surface area contributed by atoms with Gasteiger partial charge in [-0.3, -0.25) is 0 Å². The van der Waals surface area contributed by atoms with E-state index in [0.717, 1.165) is 18.7 Å². The Morgan fingerprint density at radius 3 is 2.60 bits per heavy atom. The molecule has 1 aromatic rings. The van der Waals surface area contributed by atoms with Crippen LogP contribution in [0.2, 0.25) is 5.15 Å². The number of nitrogens with zero attached hydrogens (tertiary/aromatic N) is 2. The van der Waals surface area contributed by atoms with Crippen LogP contribution in [0.3, 0.4) is 0 Å². The second-order valence-corrected chi connectivity index (χ2v) is 5.39. The molecule has 1 saturated carbocycles. The van der Waals surface area contributed by atoms with E-state index >= 15 is 0 Å². The summed E-state index contributed by atoms with van der Waals surface area (Å²) >= 11 is 6.21. The second kappa shape index (κ2) is 3.18. The number of hydrogen-bond acceptors (Lipinski definition) is 2. The smallest absolute Gasteiger partial charge is 0.136 e. The summed E-state index contributed by atoms with van der Waals surface area (Å²) in [7, 11) is 0. The third kappa shape index (κ3) is 1.38.